The molecule has 86 valence electrons. The molecule has 0 fully saturated rings. The second kappa shape index (κ2) is 6.37. The summed E-state index contributed by atoms with van der Waals surface area (Å²) < 4.78 is 24.8. The molecule has 0 radical (unpaired) electrons. The fraction of sp³-hybridized carbons (Fsp3) is 1.00. The Balaban J connectivity index is 4.29. The zero-order valence-corrected chi connectivity index (χ0v) is 10.5. The number of hydrogen-bond acceptors (Lipinski definition) is 3. The van der Waals surface area contributed by atoms with Gasteiger partial charge in [0, 0.05) is 19.6 Å². The minimum atomic E-state index is -3.01. The van der Waals surface area contributed by atoms with E-state index in [1.165, 1.54) is 0 Å². The maximum atomic E-state index is 11.6. The summed E-state index contributed by atoms with van der Waals surface area (Å²) in [4.78, 5) is 1.99. The van der Waals surface area contributed by atoms with Gasteiger partial charge in [-0.3, -0.25) is 0 Å². The monoisotopic (exact) mass is 222 g/mol. The molecular formula is C9H22N2O2S. The summed E-state index contributed by atoms with van der Waals surface area (Å²) in [5, 5.41) is 0. The van der Waals surface area contributed by atoms with Gasteiger partial charge in [0.15, 0.2) is 0 Å². The fourth-order valence-corrected chi connectivity index (χ4v) is 2.32. The van der Waals surface area contributed by atoms with Gasteiger partial charge in [-0.25, -0.2) is 12.7 Å². The summed E-state index contributed by atoms with van der Waals surface area (Å²) in [6, 6.07) is 0. The van der Waals surface area contributed by atoms with Gasteiger partial charge in [0.2, 0.25) is 10.0 Å². The summed E-state index contributed by atoms with van der Waals surface area (Å²) in [5.74, 6) is 0.195. The molecule has 0 atom stereocenters. The molecule has 0 aromatic carbocycles. The second-order valence-electron chi connectivity index (χ2n) is 3.60. The zero-order valence-electron chi connectivity index (χ0n) is 9.65. The maximum absolute atomic E-state index is 11.6. The summed E-state index contributed by atoms with van der Waals surface area (Å²) in [6.07, 6.45) is 0.868. The molecule has 0 aliphatic rings. The van der Waals surface area contributed by atoms with Crippen LogP contribution in [0.5, 0.6) is 0 Å². The topological polar surface area (TPSA) is 40.6 Å². The molecule has 0 aliphatic heterocycles. The Hall–Kier alpha value is -0.130. The summed E-state index contributed by atoms with van der Waals surface area (Å²) in [6.45, 7) is 5.68. The molecule has 0 heterocycles. The van der Waals surface area contributed by atoms with Gasteiger partial charge >= 0.3 is 0 Å². The lowest BCUT2D eigenvalue weighted by Gasteiger charge is -2.22. The summed E-state index contributed by atoms with van der Waals surface area (Å²) >= 11 is 0. The van der Waals surface area contributed by atoms with E-state index in [4.69, 9.17) is 0 Å². The Kier molecular flexibility index (Phi) is 6.31. The second-order valence-corrected chi connectivity index (χ2v) is 5.86. The average molecular weight is 222 g/mol. The molecule has 4 nitrogen and oxygen atoms in total. The van der Waals surface area contributed by atoms with Crippen molar-refractivity contribution in [1.29, 1.82) is 0 Å². The molecule has 0 aromatic heterocycles. The molecule has 0 rings (SSSR count). The standard InChI is InChI=1S/C9H22N2O2S/c1-5-7-11(9-8-10(3)4)14(12,13)6-2/h5-9H2,1-4H3. The van der Waals surface area contributed by atoms with Gasteiger partial charge in [0.05, 0.1) is 5.75 Å². The molecule has 14 heavy (non-hydrogen) atoms. The molecule has 0 aliphatic carbocycles. The first kappa shape index (κ1) is 13.9. The minimum Gasteiger partial charge on any atom is -0.308 e. The lowest BCUT2D eigenvalue weighted by molar-refractivity contribution is 0.333. The molecule has 0 N–H and O–H groups in total. The van der Waals surface area contributed by atoms with Gasteiger partial charge in [0.1, 0.15) is 0 Å². The van der Waals surface area contributed by atoms with Crippen molar-refractivity contribution in [1.82, 2.24) is 9.21 Å². The zero-order chi connectivity index (χ0) is 11.2. The van der Waals surface area contributed by atoms with Crippen molar-refractivity contribution in [2.24, 2.45) is 0 Å². The molecule has 0 aromatic rings. The normalized spacial score (nSPS) is 12.7. The highest BCUT2D eigenvalue weighted by molar-refractivity contribution is 7.89. The first-order valence-electron chi connectivity index (χ1n) is 5.06. The predicted octanol–water partition coefficient (Wildman–Crippen LogP) is 0.610. The molecule has 5 heteroatoms. The number of hydrogen-bond donors (Lipinski definition) is 0. The Morgan fingerprint density at radius 3 is 1.93 bits per heavy atom. The van der Waals surface area contributed by atoms with Crippen molar-refractivity contribution in [3.05, 3.63) is 0 Å². The van der Waals surface area contributed by atoms with Crippen LogP contribution in [-0.2, 0) is 10.0 Å². The van der Waals surface area contributed by atoms with Crippen molar-refractivity contribution in [2.45, 2.75) is 20.3 Å². The Morgan fingerprint density at radius 1 is 1.00 bits per heavy atom. The van der Waals surface area contributed by atoms with Crippen molar-refractivity contribution in [3.8, 4) is 0 Å². The molecule has 0 saturated carbocycles. The van der Waals surface area contributed by atoms with Gasteiger partial charge < -0.3 is 4.90 Å². The third-order valence-electron chi connectivity index (χ3n) is 2.03. The van der Waals surface area contributed by atoms with E-state index in [-0.39, 0.29) is 5.75 Å². The van der Waals surface area contributed by atoms with E-state index in [2.05, 4.69) is 0 Å². The van der Waals surface area contributed by atoms with Crippen molar-refractivity contribution >= 4 is 10.0 Å². The first-order chi connectivity index (χ1) is 6.44. The quantitative estimate of drug-likeness (QED) is 0.634. The molecular weight excluding hydrogens is 200 g/mol. The minimum absolute atomic E-state index is 0.195. The van der Waals surface area contributed by atoms with E-state index in [1.54, 1.807) is 11.2 Å². The van der Waals surface area contributed by atoms with Crippen LogP contribution in [0.3, 0.4) is 0 Å². The number of rotatable bonds is 7. The first-order valence-corrected chi connectivity index (χ1v) is 6.67. The van der Waals surface area contributed by atoms with Crippen LogP contribution in [-0.4, -0.2) is 57.1 Å². The van der Waals surface area contributed by atoms with E-state index in [0.29, 0.717) is 13.1 Å². The number of nitrogens with zero attached hydrogens (tertiary/aromatic N) is 2. The van der Waals surface area contributed by atoms with E-state index < -0.39 is 10.0 Å². The maximum Gasteiger partial charge on any atom is 0.213 e. The van der Waals surface area contributed by atoms with Crippen LogP contribution in [0.2, 0.25) is 0 Å². The largest absolute Gasteiger partial charge is 0.308 e. The Labute approximate surface area is 87.9 Å². The number of likely N-dealkylation sites (N-methyl/N-ethyl adjacent to an activating group) is 1. The average Bonchev–Trinajstić information content (AvgIpc) is 2.11. The van der Waals surface area contributed by atoms with E-state index in [9.17, 15) is 8.42 Å². The van der Waals surface area contributed by atoms with E-state index in [1.807, 2.05) is 25.9 Å². The van der Waals surface area contributed by atoms with Crippen LogP contribution in [0.1, 0.15) is 20.3 Å². The fourth-order valence-electron chi connectivity index (χ4n) is 1.13. The van der Waals surface area contributed by atoms with Crippen molar-refractivity contribution in [3.63, 3.8) is 0 Å². The molecule has 0 amide bonds. The SMILES string of the molecule is CCCN(CCN(C)C)S(=O)(=O)CC. The van der Waals surface area contributed by atoms with Crippen LogP contribution < -0.4 is 0 Å². The molecule has 0 bridgehead atoms. The lowest BCUT2D eigenvalue weighted by Crippen LogP contribution is -2.38. The highest BCUT2D eigenvalue weighted by Gasteiger charge is 2.18. The van der Waals surface area contributed by atoms with Gasteiger partial charge in [0.25, 0.3) is 0 Å². The summed E-state index contributed by atoms with van der Waals surface area (Å²) in [7, 11) is 0.883. The van der Waals surface area contributed by atoms with Crippen molar-refractivity contribution in [2.75, 3.05) is 39.5 Å². The van der Waals surface area contributed by atoms with Crippen LogP contribution in [0.15, 0.2) is 0 Å². The van der Waals surface area contributed by atoms with E-state index in [0.717, 1.165) is 13.0 Å². The van der Waals surface area contributed by atoms with Gasteiger partial charge in [-0.1, -0.05) is 6.92 Å². The predicted molar refractivity (Wildman–Crippen MR) is 59.9 cm³/mol. The lowest BCUT2D eigenvalue weighted by atomic mass is 10.4. The smallest absolute Gasteiger partial charge is 0.213 e. The van der Waals surface area contributed by atoms with Gasteiger partial charge in [-0.05, 0) is 27.4 Å². The Morgan fingerprint density at radius 2 is 1.57 bits per heavy atom. The van der Waals surface area contributed by atoms with Crippen LogP contribution in [0, 0.1) is 0 Å². The Bertz CT molecular complexity index is 237. The third kappa shape index (κ3) is 4.93. The third-order valence-corrected chi connectivity index (χ3v) is 3.91. The molecule has 0 unspecified atom stereocenters. The van der Waals surface area contributed by atoms with E-state index >= 15 is 0 Å². The molecule has 0 spiro atoms. The highest BCUT2D eigenvalue weighted by atomic mass is 32.2. The van der Waals surface area contributed by atoms with Crippen LogP contribution >= 0.6 is 0 Å². The highest BCUT2D eigenvalue weighted by Crippen LogP contribution is 2.02. The summed E-state index contributed by atoms with van der Waals surface area (Å²) in [5.41, 5.74) is 0. The van der Waals surface area contributed by atoms with Crippen LogP contribution in [0.25, 0.3) is 0 Å². The number of sulfonamides is 1. The van der Waals surface area contributed by atoms with Gasteiger partial charge in [-0.2, -0.15) is 0 Å². The van der Waals surface area contributed by atoms with Crippen molar-refractivity contribution < 1.29 is 8.42 Å². The van der Waals surface area contributed by atoms with Crippen LogP contribution in [0.4, 0.5) is 0 Å². The molecule has 0 saturated heterocycles. The van der Waals surface area contributed by atoms with Gasteiger partial charge in [-0.15, -0.1) is 0 Å².